The summed E-state index contributed by atoms with van der Waals surface area (Å²) in [5.41, 5.74) is 9.25. The van der Waals surface area contributed by atoms with E-state index in [1.807, 2.05) is 0 Å². The maximum Gasteiger partial charge on any atom is 0.291 e. The number of hydrazone groups is 1. The third-order valence-electron chi connectivity index (χ3n) is 4.97. The summed E-state index contributed by atoms with van der Waals surface area (Å²) in [6.07, 6.45) is 8.25. The van der Waals surface area contributed by atoms with Crippen LogP contribution in [0, 0.1) is 11.8 Å². The van der Waals surface area contributed by atoms with Crippen LogP contribution in [0.2, 0.25) is 15.2 Å². The topological polar surface area (TPSA) is 80.4 Å². The number of halogens is 3. The number of nitrogens with one attached hydrogen (secondary N) is 1. The fourth-order valence-electron chi connectivity index (χ4n) is 3.66. The maximum atomic E-state index is 12.3. The fourth-order valence-corrected chi connectivity index (χ4v) is 4.25. The normalized spacial score (nSPS) is 25.4. The number of nitrogen functional groups attached to an aromatic ring is 1. The predicted molar refractivity (Wildman–Crippen MR) is 97.9 cm³/mol. The molecule has 1 aromatic rings. The SMILES string of the molecule is Nc1c(Cl)c(Cl)nc(C(=O)N/N=C2\CC[C@@H]3CCCC[C@@H]3C2)c1Cl. The Balaban J connectivity index is 1.69. The number of carbonyl (C=O) groups is 1. The maximum absolute atomic E-state index is 12.3. The number of pyridine rings is 1. The van der Waals surface area contributed by atoms with E-state index in [0.29, 0.717) is 5.92 Å². The largest absolute Gasteiger partial charge is 0.396 e. The Morgan fingerprint density at radius 3 is 2.58 bits per heavy atom. The average Bonchev–Trinajstić information content (AvgIpc) is 2.60. The van der Waals surface area contributed by atoms with Crippen molar-refractivity contribution in [1.29, 1.82) is 0 Å². The molecule has 1 aromatic heterocycles. The summed E-state index contributed by atoms with van der Waals surface area (Å²) in [4.78, 5) is 16.2. The average molecular weight is 390 g/mol. The van der Waals surface area contributed by atoms with Crippen molar-refractivity contribution in [1.82, 2.24) is 10.4 Å². The van der Waals surface area contributed by atoms with Crippen molar-refractivity contribution in [3.8, 4) is 0 Å². The molecule has 0 radical (unpaired) electrons. The van der Waals surface area contributed by atoms with Crippen LogP contribution in [-0.2, 0) is 0 Å². The number of carbonyl (C=O) groups excluding carboxylic acids is 1. The zero-order valence-corrected chi connectivity index (χ0v) is 15.4. The van der Waals surface area contributed by atoms with Crippen LogP contribution in [0.3, 0.4) is 0 Å². The van der Waals surface area contributed by atoms with Gasteiger partial charge in [0.05, 0.1) is 10.7 Å². The Kier molecular flexibility index (Phi) is 5.52. The second kappa shape index (κ2) is 7.46. The van der Waals surface area contributed by atoms with E-state index in [1.165, 1.54) is 25.7 Å². The highest BCUT2D eigenvalue weighted by molar-refractivity contribution is 6.46. The molecule has 3 N–H and O–H groups in total. The molecule has 0 aromatic carbocycles. The lowest BCUT2D eigenvalue weighted by Gasteiger charge is -2.35. The molecular formula is C16H19Cl3N4O. The zero-order valence-electron chi connectivity index (χ0n) is 13.1. The Bertz CT molecular complexity index is 692. The molecular weight excluding hydrogens is 371 g/mol. The molecule has 5 nitrogen and oxygen atoms in total. The number of hydrogen-bond acceptors (Lipinski definition) is 4. The molecule has 0 unspecified atom stereocenters. The smallest absolute Gasteiger partial charge is 0.291 e. The van der Waals surface area contributed by atoms with Gasteiger partial charge in [-0.25, -0.2) is 10.4 Å². The van der Waals surface area contributed by atoms with E-state index in [2.05, 4.69) is 15.5 Å². The second-order valence-electron chi connectivity index (χ2n) is 6.46. The first-order valence-corrected chi connectivity index (χ1v) is 9.26. The minimum absolute atomic E-state index is 0.0157. The molecule has 0 spiro atoms. The number of nitrogens with zero attached hydrogens (tertiary/aromatic N) is 2. The summed E-state index contributed by atoms with van der Waals surface area (Å²) in [6, 6.07) is 0. The summed E-state index contributed by atoms with van der Waals surface area (Å²) in [5.74, 6) is 0.980. The van der Waals surface area contributed by atoms with Crippen molar-refractivity contribution in [2.75, 3.05) is 5.73 Å². The summed E-state index contributed by atoms with van der Waals surface area (Å²) >= 11 is 17.8. The quantitative estimate of drug-likeness (QED) is 0.568. The first kappa shape index (κ1) is 17.8. The Morgan fingerprint density at radius 2 is 1.83 bits per heavy atom. The molecule has 24 heavy (non-hydrogen) atoms. The van der Waals surface area contributed by atoms with Crippen LogP contribution in [0.25, 0.3) is 0 Å². The molecule has 1 heterocycles. The molecule has 0 bridgehead atoms. The molecule has 0 aliphatic heterocycles. The van der Waals surface area contributed by atoms with Crippen molar-refractivity contribution >= 4 is 52.1 Å². The van der Waals surface area contributed by atoms with E-state index in [4.69, 9.17) is 40.5 Å². The highest BCUT2D eigenvalue weighted by Gasteiger charge is 2.30. The molecule has 3 rings (SSSR count). The molecule has 1 amide bonds. The van der Waals surface area contributed by atoms with Gasteiger partial charge in [-0.05, 0) is 37.5 Å². The summed E-state index contributed by atoms with van der Waals surface area (Å²) in [6.45, 7) is 0. The van der Waals surface area contributed by atoms with Crippen LogP contribution in [-0.4, -0.2) is 16.6 Å². The monoisotopic (exact) mass is 388 g/mol. The van der Waals surface area contributed by atoms with Crippen LogP contribution in [0.15, 0.2) is 5.10 Å². The number of nitrogens with two attached hydrogens (primary N) is 1. The van der Waals surface area contributed by atoms with Gasteiger partial charge in [-0.3, -0.25) is 4.79 Å². The number of hydrogen-bond donors (Lipinski definition) is 2. The second-order valence-corrected chi connectivity index (χ2v) is 7.57. The number of rotatable bonds is 2. The van der Waals surface area contributed by atoms with Gasteiger partial charge in [0.25, 0.3) is 5.91 Å². The van der Waals surface area contributed by atoms with Gasteiger partial charge in [0, 0.05) is 5.71 Å². The molecule has 130 valence electrons. The molecule has 0 saturated heterocycles. The van der Waals surface area contributed by atoms with Gasteiger partial charge in [0.2, 0.25) is 0 Å². The lowest BCUT2D eigenvalue weighted by molar-refractivity contribution is 0.0949. The van der Waals surface area contributed by atoms with Crippen LogP contribution >= 0.6 is 34.8 Å². The molecule has 2 fully saturated rings. The third-order valence-corrected chi connectivity index (χ3v) is 6.11. The van der Waals surface area contributed by atoms with E-state index in [1.54, 1.807) is 0 Å². The van der Waals surface area contributed by atoms with Crippen molar-refractivity contribution in [2.45, 2.75) is 44.9 Å². The van der Waals surface area contributed by atoms with Gasteiger partial charge >= 0.3 is 0 Å². The minimum atomic E-state index is -0.538. The highest BCUT2D eigenvalue weighted by atomic mass is 35.5. The Hall–Kier alpha value is -1.04. The summed E-state index contributed by atoms with van der Waals surface area (Å²) in [7, 11) is 0. The number of fused-ring (bicyclic) bond motifs is 1. The zero-order chi connectivity index (χ0) is 17.3. The van der Waals surface area contributed by atoms with Crippen LogP contribution in [0.5, 0.6) is 0 Å². The van der Waals surface area contributed by atoms with Gasteiger partial charge in [-0.1, -0.05) is 54.1 Å². The number of amides is 1. The lowest BCUT2D eigenvalue weighted by atomic mass is 9.70. The fraction of sp³-hybridized carbons (Fsp3) is 0.562. The van der Waals surface area contributed by atoms with Crippen LogP contribution in [0.4, 0.5) is 5.69 Å². The van der Waals surface area contributed by atoms with E-state index in [-0.39, 0.29) is 26.6 Å². The molecule has 2 saturated carbocycles. The Labute approximate surface area is 155 Å². The number of anilines is 1. The van der Waals surface area contributed by atoms with E-state index < -0.39 is 5.91 Å². The predicted octanol–water partition coefficient (Wildman–Crippen LogP) is 4.70. The summed E-state index contributed by atoms with van der Waals surface area (Å²) in [5, 5.41) is 4.24. The van der Waals surface area contributed by atoms with Gasteiger partial charge in [0.1, 0.15) is 5.02 Å². The van der Waals surface area contributed by atoms with Gasteiger partial charge < -0.3 is 5.73 Å². The first-order valence-electron chi connectivity index (χ1n) is 8.13. The van der Waals surface area contributed by atoms with Crippen molar-refractivity contribution in [2.24, 2.45) is 16.9 Å². The van der Waals surface area contributed by atoms with Crippen molar-refractivity contribution in [3.63, 3.8) is 0 Å². The highest BCUT2D eigenvalue weighted by Crippen LogP contribution is 2.39. The van der Waals surface area contributed by atoms with E-state index >= 15 is 0 Å². The van der Waals surface area contributed by atoms with Crippen LogP contribution in [0.1, 0.15) is 55.4 Å². The Morgan fingerprint density at radius 1 is 1.12 bits per heavy atom. The standard InChI is InChI=1S/C16H19Cl3N4O/c17-11-13(20)12(18)15(19)21-14(11)16(24)23-22-10-6-5-8-3-1-2-4-9(8)7-10/h8-9H,1-7H2,(H2,20,21)(H,23,24)/b22-10+/t8-,9+/m0/s1. The summed E-state index contributed by atoms with van der Waals surface area (Å²) < 4.78 is 0. The van der Waals surface area contributed by atoms with Gasteiger partial charge in [-0.15, -0.1) is 0 Å². The lowest BCUT2D eigenvalue weighted by Crippen LogP contribution is -2.30. The van der Waals surface area contributed by atoms with Crippen molar-refractivity contribution in [3.05, 3.63) is 20.9 Å². The number of aromatic nitrogens is 1. The third kappa shape index (κ3) is 3.63. The molecule has 2 atom stereocenters. The van der Waals surface area contributed by atoms with E-state index in [9.17, 15) is 4.79 Å². The molecule has 2 aliphatic carbocycles. The van der Waals surface area contributed by atoms with Gasteiger partial charge in [-0.2, -0.15) is 5.10 Å². The van der Waals surface area contributed by atoms with Crippen molar-refractivity contribution < 1.29 is 4.79 Å². The molecule has 2 aliphatic rings. The molecule has 8 heteroatoms. The van der Waals surface area contributed by atoms with Gasteiger partial charge in [0.15, 0.2) is 10.8 Å². The first-order chi connectivity index (χ1) is 11.5. The van der Waals surface area contributed by atoms with Crippen LogP contribution < -0.4 is 11.2 Å². The minimum Gasteiger partial charge on any atom is -0.396 e. The van der Waals surface area contributed by atoms with E-state index in [0.717, 1.165) is 30.9 Å².